The molecule has 2 radical (unpaired) electrons. The summed E-state index contributed by atoms with van der Waals surface area (Å²) in [6.07, 6.45) is 2.26. The van der Waals surface area contributed by atoms with E-state index >= 15 is 0 Å². The van der Waals surface area contributed by atoms with Gasteiger partial charge in [0.15, 0.2) is 0 Å². The van der Waals surface area contributed by atoms with Crippen molar-refractivity contribution >= 4 is 29.9 Å². The maximum absolute atomic E-state index is 12.0. The number of amides is 1. The Morgan fingerprint density at radius 2 is 2.14 bits per heavy atom. The van der Waals surface area contributed by atoms with Crippen LogP contribution in [0.5, 0.6) is 0 Å². The molecule has 0 spiro atoms. The number of carbonyl (C=O) groups excluding carboxylic acids is 1. The summed E-state index contributed by atoms with van der Waals surface area (Å²) in [7, 11) is 5.66. The summed E-state index contributed by atoms with van der Waals surface area (Å²) in [6.45, 7) is 3.74. The van der Waals surface area contributed by atoms with Gasteiger partial charge in [0.2, 0.25) is 0 Å². The molecule has 0 bridgehead atoms. The molecule has 2 rings (SSSR count). The van der Waals surface area contributed by atoms with Crippen LogP contribution in [-0.4, -0.2) is 31.7 Å². The Bertz CT molecular complexity index is 355. The van der Waals surface area contributed by atoms with E-state index in [1.54, 1.807) is 0 Å². The van der Waals surface area contributed by atoms with Gasteiger partial charge >= 0.3 is 0 Å². The SMILES string of the molecule is [B]c1cc(C)c(C(=O)N2CCCC2)s1. The topological polar surface area (TPSA) is 20.3 Å². The monoisotopic (exact) mass is 205 g/mol. The quantitative estimate of drug-likeness (QED) is 0.628. The summed E-state index contributed by atoms with van der Waals surface area (Å²) in [5.41, 5.74) is 1.00. The molecular weight excluding hydrogens is 193 g/mol. The maximum atomic E-state index is 12.0. The normalized spacial score (nSPS) is 16.2. The van der Waals surface area contributed by atoms with E-state index in [1.807, 2.05) is 17.9 Å². The molecule has 1 aromatic rings. The van der Waals surface area contributed by atoms with Gasteiger partial charge in [0.05, 0.1) is 4.88 Å². The van der Waals surface area contributed by atoms with Crippen LogP contribution in [0.3, 0.4) is 0 Å². The molecule has 2 nitrogen and oxygen atoms in total. The summed E-state index contributed by atoms with van der Waals surface area (Å²) in [4.78, 5) is 14.7. The van der Waals surface area contributed by atoms with Gasteiger partial charge in [0.1, 0.15) is 7.85 Å². The third kappa shape index (κ3) is 1.71. The van der Waals surface area contributed by atoms with Crippen molar-refractivity contribution in [3.63, 3.8) is 0 Å². The molecule has 2 heterocycles. The van der Waals surface area contributed by atoms with Crippen LogP contribution < -0.4 is 4.78 Å². The molecule has 0 aromatic carbocycles. The number of rotatable bonds is 1. The van der Waals surface area contributed by atoms with Gasteiger partial charge in [-0.15, -0.1) is 11.3 Å². The molecule has 1 fully saturated rings. The van der Waals surface area contributed by atoms with Crippen LogP contribution in [0.2, 0.25) is 0 Å². The van der Waals surface area contributed by atoms with Gasteiger partial charge in [-0.25, -0.2) is 0 Å². The lowest BCUT2D eigenvalue weighted by Crippen LogP contribution is -2.27. The Hall–Kier alpha value is -0.765. The predicted octanol–water partition coefficient (Wildman–Crippen LogP) is 1.09. The van der Waals surface area contributed by atoms with E-state index in [2.05, 4.69) is 0 Å². The fraction of sp³-hybridized carbons (Fsp3) is 0.500. The van der Waals surface area contributed by atoms with Gasteiger partial charge < -0.3 is 4.90 Å². The van der Waals surface area contributed by atoms with Crippen LogP contribution >= 0.6 is 11.3 Å². The average molecular weight is 205 g/mol. The predicted molar refractivity (Wildman–Crippen MR) is 59.6 cm³/mol. The van der Waals surface area contributed by atoms with E-state index in [1.165, 1.54) is 11.3 Å². The van der Waals surface area contributed by atoms with E-state index in [4.69, 9.17) is 7.85 Å². The first kappa shape index (κ1) is 9.78. The van der Waals surface area contributed by atoms with Crippen LogP contribution in [0, 0.1) is 6.92 Å². The van der Waals surface area contributed by atoms with Crippen LogP contribution in [0.4, 0.5) is 0 Å². The van der Waals surface area contributed by atoms with Gasteiger partial charge in [-0.05, 0) is 30.1 Å². The van der Waals surface area contributed by atoms with Crippen molar-refractivity contribution in [2.75, 3.05) is 13.1 Å². The molecule has 1 aromatic heterocycles. The van der Waals surface area contributed by atoms with E-state index in [9.17, 15) is 4.79 Å². The lowest BCUT2D eigenvalue weighted by Gasteiger charge is -2.14. The summed E-state index contributed by atoms with van der Waals surface area (Å²) >= 11 is 1.40. The van der Waals surface area contributed by atoms with Crippen molar-refractivity contribution in [2.24, 2.45) is 0 Å². The second-order valence-electron chi connectivity index (χ2n) is 3.66. The first-order valence-electron chi connectivity index (χ1n) is 4.83. The van der Waals surface area contributed by atoms with Crippen LogP contribution in [0.15, 0.2) is 6.07 Å². The smallest absolute Gasteiger partial charge is 0.264 e. The van der Waals surface area contributed by atoms with Crippen molar-refractivity contribution in [2.45, 2.75) is 19.8 Å². The molecule has 72 valence electrons. The average Bonchev–Trinajstić information content (AvgIpc) is 2.73. The fourth-order valence-corrected chi connectivity index (χ4v) is 2.69. The maximum Gasteiger partial charge on any atom is 0.264 e. The van der Waals surface area contributed by atoms with Crippen molar-refractivity contribution in [3.05, 3.63) is 16.5 Å². The van der Waals surface area contributed by atoms with Crippen molar-refractivity contribution in [1.82, 2.24) is 4.90 Å². The molecule has 1 saturated heterocycles. The highest BCUT2D eigenvalue weighted by Crippen LogP contribution is 2.18. The molecule has 0 unspecified atom stereocenters. The van der Waals surface area contributed by atoms with Crippen molar-refractivity contribution in [1.29, 1.82) is 0 Å². The van der Waals surface area contributed by atoms with Crippen molar-refractivity contribution in [3.8, 4) is 0 Å². The van der Waals surface area contributed by atoms with Crippen molar-refractivity contribution < 1.29 is 4.79 Å². The van der Waals surface area contributed by atoms with Gasteiger partial charge in [0, 0.05) is 13.1 Å². The summed E-state index contributed by atoms with van der Waals surface area (Å²) in [6, 6.07) is 1.87. The number of thiophene rings is 1. The van der Waals surface area contributed by atoms with E-state index in [0.717, 1.165) is 41.1 Å². The Labute approximate surface area is 89.3 Å². The highest BCUT2D eigenvalue weighted by molar-refractivity contribution is 7.21. The third-order valence-corrected chi connectivity index (χ3v) is 3.58. The second kappa shape index (κ2) is 3.77. The lowest BCUT2D eigenvalue weighted by molar-refractivity contribution is 0.0797. The highest BCUT2D eigenvalue weighted by atomic mass is 32.1. The van der Waals surface area contributed by atoms with Gasteiger partial charge in [-0.2, -0.15) is 0 Å². The summed E-state index contributed by atoms with van der Waals surface area (Å²) in [5, 5.41) is 0. The zero-order valence-electron chi connectivity index (χ0n) is 8.25. The first-order chi connectivity index (χ1) is 6.68. The molecule has 0 aliphatic carbocycles. The minimum atomic E-state index is 0.154. The van der Waals surface area contributed by atoms with E-state index in [0.29, 0.717) is 0 Å². The fourth-order valence-electron chi connectivity index (χ4n) is 1.78. The molecule has 1 amide bonds. The molecule has 0 N–H and O–H groups in total. The molecular formula is C10H12BNOS. The number of nitrogens with zero attached hydrogens (tertiary/aromatic N) is 1. The van der Waals surface area contributed by atoms with Crippen LogP contribution in [0.1, 0.15) is 28.1 Å². The minimum absolute atomic E-state index is 0.154. The molecule has 0 saturated carbocycles. The minimum Gasteiger partial charge on any atom is -0.338 e. The van der Waals surface area contributed by atoms with Gasteiger partial charge in [0.25, 0.3) is 5.91 Å². The van der Waals surface area contributed by atoms with Crippen LogP contribution in [0.25, 0.3) is 0 Å². The molecule has 4 heteroatoms. The molecule has 1 aliphatic rings. The van der Waals surface area contributed by atoms with Gasteiger partial charge in [-0.1, -0.05) is 6.07 Å². The van der Waals surface area contributed by atoms with E-state index in [-0.39, 0.29) is 5.91 Å². The zero-order chi connectivity index (χ0) is 10.1. The summed E-state index contributed by atoms with van der Waals surface area (Å²) in [5.74, 6) is 0.154. The number of hydrogen-bond donors (Lipinski definition) is 0. The summed E-state index contributed by atoms with van der Waals surface area (Å²) < 4.78 is 0.727. The number of hydrogen-bond acceptors (Lipinski definition) is 2. The lowest BCUT2D eigenvalue weighted by atomic mass is 10.1. The Morgan fingerprint density at radius 3 is 2.64 bits per heavy atom. The van der Waals surface area contributed by atoms with Crippen LogP contribution in [-0.2, 0) is 0 Å². The largest absolute Gasteiger partial charge is 0.338 e. The highest BCUT2D eigenvalue weighted by Gasteiger charge is 2.21. The Kier molecular flexibility index (Phi) is 2.63. The molecule has 1 aliphatic heterocycles. The number of likely N-dealkylation sites (tertiary alicyclic amines) is 1. The number of aryl methyl sites for hydroxylation is 1. The third-order valence-electron chi connectivity index (χ3n) is 2.52. The molecule has 14 heavy (non-hydrogen) atoms. The zero-order valence-corrected chi connectivity index (χ0v) is 9.06. The standard InChI is InChI=1S/C10H12BNOS/c1-7-6-8(11)14-9(7)10(13)12-4-2-3-5-12/h6H,2-5H2,1H3. The number of carbonyl (C=O) groups is 1. The Balaban J connectivity index is 2.21. The Morgan fingerprint density at radius 1 is 1.50 bits per heavy atom. The molecule has 0 atom stereocenters. The second-order valence-corrected chi connectivity index (χ2v) is 4.74. The van der Waals surface area contributed by atoms with E-state index < -0.39 is 0 Å². The van der Waals surface area contributed by atoms with Gasteiger partial charge in [-0.3, -0.25) is 4.79 Å². The first-order valence-corrected chi connectivity index (χ1v) is 5.65.